The fourth-order valence-electron chi connectivity index (χ4n) is 2.69. The van der Waals surface area contributed by atoms with Gasteiger partial charge < -0.3 is 13.6 Å². The fraction of sp³-hybridized carbons (Fsp3) is 0.143. The Morgan fingerprint density at radius 1 is 1.00 bits per heavy atom. The highest BCUT2D eigenvalue weighted by atomic mass is 35.5. The molecule has 4 rings (SSSR count). The highest BCUT2D eigenvalue weighted by Crippen LogP contribution is 2.26. The number of hydrogen-bond donors (Lipinski definition) is 0. The lowest BCUT2D eigenvalue weighted by molar-refractivity contribution is -0.145. The summed E-state index contributed by atoms with van der Waals surface area (Å²) in [6.07, 6.45) is 1.67. The number of carbonyl (C=O) groups excluding carboxylic acids is 1. The minimum absolute atomic E-state index is 0.0305. The Labute approximate surface area is 175 Å². The van der Waals surface area contributed by atoms with Crippen LogP contribution < -0.4 is 0 Å². The number of oxazole rings is 1. The number of nitrogens with zero attached hydrogens (tertiary/aromatic N) is 3. The molecule has 0 aliphatic heterocycles. The molecule has 152 valence electrons. The van der Waals surface area contributed by atoms with Crippen molar-refractivity contribution in [3.05, 3.63) is 77.3 Å². The molecule has 2 heterocycles. The number of halogens is 2. The highest BCUT2D eigenvalue weighted by Gasteiger charge is 2.15. The SMILES string of the molecule is O=C(CCc1ncc(-c2ccccc2F)o1)OCc1nnc(-c2ccccc2Cl)o1. The first-order valence-electron chi connectivity index (χ1n) is 9.02. The smallest absolute Gasteiger partial charge is 0.306 e. The molecule has 2 aromatic carbocycles. The maximum Gasteiger partial charge on any atom is 0.306 e. The van der Waals surface area contributed by atoms with Gasteiger partial charge in [-0.2, -0.15) is 0 Å². The fourth-order valence-corrected chi connectivity index (χ4v) is 2.91. The number of ether oxygens (including phenoxy) is 1. The number of benzene rings is 2. The van der Waals surface area contributed by atoms with Crippen molar-refractivity contribution in [2.75, 3.05) is 0 Å². The number of carbonyl (C=O) groups is 1. The van der Waals surface area contributed by atoms with E-state index in [4.69, 9.17) is 25.2 Å². The Bertz CT molecular complexity index is 1080. The molecule has 7 nitrogen and oxygen atoms in total. The topological polar surface area (TPSA) is 91.2 Å². The van der Waals surface area contributed by atoms with Crippen LogP contribution >= 0.6 is 11.6 Å². The van der Waals surface area contributed by atoms with Crippen molar-refractivity contribution < 1.29 is 22.8 Å². The molecule has 4 aromatic rings. The van der Waals surface area contributed by atoms with Gasteiger partial charge >= 0.3 is 5.97 Å². The molecule has 0 fully saturated rings. The summed E-state index contributed by atoms with van der Waals surface area (Å²) in [6, 6.07) is 13.3. The van der Waals surface area contributed by atoms with Crippen molar-refractivity contribution in [2.24, 2.45) is 0 Å². The van der Waals surface area contributed by atoms with E-state index in [0.29, 0.717) is 27.8 Å². The number of rotatable bonds is 7. The summed E-state index contributed by atoms with van der Waals surface area (Å²) in [4.78, 5) is 16.1. The quantitative estimate of drug-likeness (QED) is 0.389. The van der Waals surface area contributed by atoms with Crippen molar-refractivity contribution in [2.45, 2.75) is 19.4 Å². The molecule has 0 unspecified atom stereocenters. The van der Waals surface area contributed by atoms with Gasteiger partial charge in [-0.1, -0.05) is 35.9 Å². The van der Waals surface area contributed by atoms with Crippen LogP contribution in [-0.4, -0.2) is 21.2 Å². The lowest BCUT2D eigenvalue weighted by Gasteiger charge is -2.01. The Balaban J connectivity index is 1.29. The molecule has 2 aromatic heterocycles. The molecule has 0 bridgehead atoms. The van der Waals surface area contributed by atoms with E-state index in [-0.39, 0.29) is 31.2 Å². The monoisotopic (exact) mass is 427 g/mol. The minimum Gasteiger partial charge on any atom is -0.456 e. The molecule has 0 spiro atoms. The normalized spacial score (nSPS) is 10.9. The molecule has 0 radical (unpaired) electrons. The van der Waals surface area contributed by atoms with Crippen LogP contribution in [0.4, 0.5) is 4.39 Å². The number of hydrogen-bond acceptors (Lipinski definition) is 7. The molecule has 0 atom stereocenters. The van der Waals surface area contributed by atoms with E-state index in [1.165, 1.54) is 12.3 Å². The summed E-state index contributed by atoms with van der Waals surface area (Å²) in [5, 5.41) is 8.24. The van der Waals surface area contributed by atoms with Gasteiger partial charge in [0.25, 0.3) is 5.89 Å². The zero-order chi connectivity index (χ0) is 20.9. The van der Waals surface area contributed by atoms with Gasteiger partial charge in [0.2, 0.25) is 5.89 Å². The van der Waals surface area contributed by atoms with Gasteiger partial charge in [-0.05, 0) is 24.3 Å². The Morgan fingerprint density at radius 3 is 2.57 bits per heavy atom. The zero-order valence-corrected chi connectivity index (χ0v) is 16.3. The molecule has 9 heteroatoms. The van der Waals surface area contributed by atoms with Crippen molar-refractivity contribution in [1.82, 2.24) is 15.2 Å². The second-order valence-corrected chi connectivity index (χ2v) is 6.65. The van der Waals surface area contributed by atoms with E-state index in [1.54, 1.807) is 42.5 Å². The van der Waals surface area contributed by atoms with Gasteiger partial charge in [-0.25, -0.2) is 9.37 Å². The summed E-state index contributed by atoms with van der Waals surface area (Å²) in [6.45, 7) is -0.164. The first-order chi connectivity index (χ1) is 14.6. The average Bonchev–Trinajstić information content (AvgIpc) is 3.41. The average molecular weight is 428 g/mol. The molecule has 0 saturated carbocycles. The Morgan fingerprint density at radius 2 is 1.77 bits per heavy atom. The van der Waals surface area contributed by atoms with Crippen LogP contribution in [0.1, 0.15) is 18.2 Å². The van der Waals surface area contributed by atoms with Crippen LogP contribution in [0.15, 0.2) is 63.6 Å². The molecule has 0 N–H and O–H groups in total. The van der Waals surface area contributed by atoms with Gasteiger partial charge in [0.15, 0.2) is 18.3 Å². The number of aromatic nitrogens is 3. The maximum atomic E-state index is 13.8. The van der Waals surface area contributed by atoms with E-state index < -0.39 is 11.8 Å². The molecule has 0 aliphatic carbocycles. The standard InChI is InChI=1S/C21H15ClFN3O4/c22-15-7-3-1-5-13(15)21-26-25-19(30-21)12-28-20(27)10-9-18-24-11-17(29-18)14-6-2-4-8-16(14)23/h1-8,11H,9-10,12H2. The van der Waals surface area contributed by atoms with Gasteiger partial charge in [0, 0.05) is 6.42 Å². The van der Waals surface area contributed by atoms with Crippen molar-refractivity contribution in [1.29, 1.82) is 0 Å². The van der Waals surface area contributed by atoms with E-state index in [0.717, 1.165) is 0 Å². The predicted octanol–water partition coefficient (Wildman–Crippen LogP) is 4.86. The van der Waals surface area contributed by atoms with Crippen LogP contribution in [-0.2, 0) is 22.6 Å². The Kier molecular flexibility index (Phi) is 5.85. The van der Waals surface area contributed by atoms with Gasteiger partial charge in [-0.15, -0.1) is 10.2 Å². The minimum atomic E-state index is -0.488. The third kappa shape index (κ3) is 4.55. The molecule has 0 aliphatic rings. The maximum absolute atomic E-state index is 13.8. The second kappa shape index (κ2) is 8.87. The first kappa shape index (κ1) is 19.8. The lowest BCUT2D eigenvalue weighted by Crippen LogP contribution is -2.06. The van der Waals surface area contributed by atoms with Gasteiger partial charge in [0.1, 0.15) is 5.82 Å². The summed E-state index contributed by atoms with van der Waals surface area (Å²) in [5.41, 5.74) is 0.906. The van der Waals surface area contributed by atoms with Crippen LogP contribution in [0.5, 0.6) is 0 Å². The van der Waals surface area contributed by atoms with E-state index >= 15 is 0 Å². The second-order valence-electron chi connectivity index (χ2n) is 6.24. The van der Waals surface area contributed by atoms with Crippen LogP contribution in [0.2, 0.25) is 5.02 Å². The summed E-state index contributed by atoms with van der Waals surface area (Å²) < 4.78 is 29.9. The summed E-state index contributed by atoms with van der Waals surface area (Å²) >= 11 is 6.10. The summed E-state index contributed by atoms with van der Waals surface area (Å²) in [5.74, 6) is 0.107. The third-order valence-corrected chi connectivity index (χ3v) is 4.49. The molecule has 0 amide bonds. The molecular formula is C21H15ClFN3O4. The lowest BCUT2D eigenvalue weighted by atomic mass is 10.2. The largest absolute Gasteiger partial charge is 0.456 e. The van der Waals surface area contributed by atoms with Gasteiger partial charge in [-0.3, -0.25) is 4.79 Å². The number of aryl methyl sites for hydroxylation is 1. The van der Waals surface area contributed by atoms with Crippen LogP contribution in [0.3, 0.4) is 0 Å². The Hall–Kier alpha value is -3.52. The molecular weight excluding hydrogens is 413 g/mol. The zero-order valence-electron chi connectivity index (χ0n) is 15.5. The van der Waals surface area contributed by atoms with Gasteiger partial charge in [0.05, 0.1) is 28.8 Å². The van der Waals surface area contributed by atoms with Crippen molar-refractivity contribution >= 4 is 17.6 Å². The van der Waals surface area contributed by atoms with E-state index in [9.17, 15) is 9.18 Å². The van der Waals surface area contributed by atoms with E-state index in [1.807, 2.05) is 0 Å². The van der Waals surface area contributed by atoms with Crippen molar-refractivity contribution in [3.63, 3.8) is 0 Å². The molecule has 0 saturated heterocycles. The first-order valence-corrected chi connectivity index (χ1v) is 9.40. The number of esters is 1. The molecule has 30 heavy (non-hydrogen) atoms. The van der Waals surface area contributed by atoms with E-state index in [2.05, 4.69) is 15.2 Å². The van der Waals surface area contributed by atoms with Crippen LogP contribution in [0, 0.1) is 5.82 Å². The van der Waals surface area contributed by atoms with Crippen LogP contribution in [0.25, 0.3) is 22.8 Å². The van der Waals surface area contributed by atoms with Crippen molar-refractivity contribution in [3.8, 4) is 22.8 Å². The predicted molar refractivity (Wildman–Crippen MR) is 105 cm³/mol. The summed E-state index contributed by atoms with van der Waals surface area (Å²) in [7, 11) is 0. The third-order valence-electron chi connectivity index (χ3n) is 4.16. The highest BCUT2D eigenvalue weighted by molar-refractivity contribution is 6.33.